The van der Waals surface area contributed by atoms with Gasteiger partial charge in [0.05, 0.1) is 21.0 Å². The smallest absolute Gasteiger partial charge is 0.408 e. The van der Waals surface area contributed by atoms with Crippen molar-refractivity contribution >= 4 is 32.5 Å². The zero-order valence-corrected chi connectivity index (χ0v) is 13.1. The summed E-state index contributed by atoms with van der Waals surface area (Å²) in [5.74, 6) is -0.693. The Hall–Kier alpha value is -3.14. The number of fused-ring (bicyclic) bond motifs is 1. The molecule has 0 bridgehead atoms. The van der Waals surface area contributed by atoms with E-state index in [0.717, 1.165) is 6.07 Å². The second-order valence-electron chi connectivity index (χ2n) is 5.03. The predicted octanol–water partition coefficient (Wildman–Crippen LogP) is 2.14. The first-order valence-electron chi connectivity index (χ1n) is 6.67. The number of anilines is 1. The number of benzene rings is 2. The number of rotatable bonds is 4. The highest BCUT2D eigenvalue weighted by Crippen LogP contribution is 2.25. The summed E-state index contributed by atoms with van der Waals surface area (Å²) in [5, 5.41) is 10.8. The van der Waals surface area contributed by atoms with Crippen molar-refractivity contribution in [3.63, 3.8) is 0 Å². The van der Waals surface area contributed by atoms with E-state index in [1.54, 1.807) is 6.92 Å². The van der Waals surface area contributed by atoms with Crippen LogP contribution in [0.15, 0.2) is 50.5 Å². The quantitative estimate of drug-likeness (QED) is 0.547. The number of nitro groups is 1. The van der Waals surface area contributed by atoms with Crippen LogP contribution in [0.25, 0.3) is 11.1 Å². The third kappa shape index (κ3) is 2.86. The maximum Gasteiger partial charge on any atom is 0.417 e. The van der Waals surface area contributed by atoms with Crippen LogP contribution in [0.5, 0.6) is 0 Å². The summed E-state index contributed by atoms with van der Waals surface area (Å²) in [6.07, 6.45) is 0. The Morgan fingerprint density at radius 2 is 1.96 bits per heavy atom. The van der Waals surface area contributed by atoms with Crippen molar-refractivity contribution in [1.82, 2.24) is 4.98 Å². The Labute approximate surface area is 135 Å². The van der Waals surface area contributed by atoms with Gasteiger partial charge in [-0.1, -0.05) is 6.07 Å². The minimum Gasteiger partial charge on any atom is -0.408 e. The molecule has 2 N–H and O–H groups in total. The first kappa shape index (κ1) is 15.7. The van der Waals surface area contributed by atoms with Crippen molar-refractivity contribution < 1.29 is 17.8 Å². The van der Waals surface area contributed by atoms with Crippen LogP contribution in [-0.2, 0) is 10.0 Å². The summed E-state index contributed by atoms with van der Waals surface area (Å²) < 4.78 is 32.1. The lowest BCUT2D eigenvalue weighted by Gasteiger charge is -2.10. The third-order valence-electron chi connectivity index (χ3n) is 3.38. The topological polar surface area (TPSA) is 135 Å². The maximum absolute atomic E-state index is 12.5. The molecule has 0 fully saturated rings. The van der Waals surface area contributed by atoms with E-state index in [4.69, 9.17) is 4.42 Å². The van der Waals surface area contributed by atoms with Gasteiger partial charge in [-0.25, -0.2) is 13.2 Å². The molecule has 0 atom stereocenters. The van der Waals surface area contributed by atoms with Crippen molar-refractivity contribution in [2.24, 2.45) is 0 Å². The second kappa shape index (κ2) is 5.49. The number of H-pyrrole nitrogens is 1. The van der Waals surface area contributed by atoms with Crippen LogP contribution in [0.3, 0.4) is 0 Å². The highest BCUT2D eigenvalue weighted by Gasteiger charge is 2.19. The normalized spacial score (nSPS) is 11.5. The molecule has 3 aromatic rings. The molecule has 10 heteroatoms. The number of hydrogen-bond acceptors (Lipinski definition) is 6. The first-order valence-corrected chi connectivity index (χ1v) is 8.15. The Bertz CT molecular complexity index is 1110. The van der Waals surface area contributed by atoms with E-state index >= 15 is 0 Å². The number of aryl methyl sites for hydroxylation is 1. The van der Waals surface area contributed by atoms with Gasteiger partial charge in [0.2, 0.25) is 0 Å². The first-order chi connectivity index (χ1) is 11.3. The van der Waals surface area contributed by atoms with Crippen LogP contribution in [0.4, 0.5) is 11.4 Å². The van der Waals surface area contributed by atoms with Crippen molar-refractivity contribution in [1.29, 1.82) is 0 Å². The molecule has 0 saturated carbocycles. The molecule has 24 heavy (non-hydrogen) atoms. The van der Waals surface area contributed by atoms with E-state index in [-0.39, 0.29) is 21.9 Å². The van der Waals surface area contributed by atoms with Gasteiger partial charge >= 0.3 is 5.76 Å². The second-order valence-corrected chi connectivity index (χ2v) is 6.72. The van der Waals surface area contributed by atoms with Crippen LogP contribution < -0.4 is 10.5 Å². The Kier molecular flexibility index (Phi) is 3.60. The Morgan fingerprint density at radius 3 is 2.67 bits per heavy atom. The molecular formula is C14H11N3O6S. The monoisotopic (exact) mass is 349 g/mol. The molecule has 1 heterocycles. The summed E-state index contributed by atoms with van der Waals surface area (Å²) in [7, 11) is -4.01. The fraction of sp³-hybridized carbons (Fsp3) is 0.0714. The lowest BCUT2D eigenvalue weighted by molar-refractivity contribution is -0.384. The number of non-ortho nitro benzene ring substituents is 1. The average molecular weight is 349 g/mol. The van der Waals surface area contributed by atoms with E-state index in [1.807, 2.05) is 0 Å². The van der Waals surface area contributed by atoms with Crippen molar-refractivity contribution in [2.45, 2.75) is 11.8 Å². The van der Waals surface area contributed by atoms with Gasteiger partial charge in [-0.2, -0.15) is 0 Å². The van der Waals surface area contributed by atoms with Crippen LogP contribution in [-0.4, -0.2) is 18.3 Å². The van der Waals surface area contributed by atoms with Crippen molar-refractivity contribution in [2.75, 3.05) is 4.72 Å². The SMILES string of the molecule is Cc1ccc([N+](=O)[O-])cc1NS(=O)(=O)c1ccc2[nH]c(=O)oc2c1. The molecule has 9 nitrogen and oxygen atoms in total. The molecule has 0 spiro atoms. The van der Waals surface area contributed by atoms with E-state index in [0.29, 0.717) is 11.1 Å². The van der Waals surface area contributed by atoms with Crippen LogP contribution >= 0.6 is 0 Å². The number of nitrogens with one attached hydrogen (secondary N) is 2. The zero-order valence-electron chi connectivity index (χ0n) is 12.3. The highest BCUT2D eigenvalue weighted by molar-refractivity contribution is 7.92. The van der Waals surface area contributed by atoms with Gasteiger partial charge in [-0.05, 0) is 24.6 Å². The van der Waals surface area contributed by atoms with Crippen molar-refractivity contribution in [3.8, 4) is 0 Å². The number of sulfonamides is 1. The number of oxazole rings is 1. The molecule has 0 aliphatic heterocycles. The number of nitrogens with zero attached hydrogens (tertiary/aromatic N) is 1. The Morgan fingerprint density at radius 1 is 1.21 bits per heavy atom. The van der Waals surface area contributed by atoms with Gasteiger partial charge in [-0.15, -0.1) is 0 Å². The summed E-state index contributed by atoms with van der Waals surface area (Å²) in [4.78, 5) is 23.6. The maximum atomic E-state index is 12.5. The highest BCUT2D eigenvalue weighted by atomic mass is 32.2. The minimum absolute atomic E-state index is 0.0960. The summed E-state index contributed by atoms with van der Waals surface area (Å²) >= 11 is 0. The number of hydrogen-bond donors (Lipinski definition) is 2. The Balaban J connectivity index is 2.02. The number of aromatic amines is 1. The molecule has 2 aromatic carbocycles. The lowest BCUT2D eigenvalue weighted by atomic mass is 10.2. The molecule has 0 radical (unpaired) electrons. The fourth-order valence-electron chi connectivity index (χ4n) is 2.13. The van der Waals surface area contributed by atoms with Gasteiger partial charge in [0, 0.05) is 18.2 Å². The summed E-state index contributed by atoms with van der Waals surface area (Å²) in [5.41, 5.74) is 0.854. The number of nitro benzene ring substituents is 1. The minimum atomic E-state index is -4.01. The lowest BCUT2D eigenvalue weighted by Crippen LogP contribution is -2.13. The molecule has 3 rings (SSSR count). The van der Waals surface area contributed by atoms with E-state index in [2.05, 4.69) is 9.71 Å². The fourth-order valence-corrected chi connectivity index (χ4v) is 3.27. The predicted molar refractivity (Wildman–Crippen MR) is 85.5 cm³/mol. The molecular weight excluding hydrogens is 338 g/mol. The molecule has 0 aliphatic rings. The molecule has 124 valence electrons. The number of aromatic nitrogens is 1. The average Bonchev–Trinajstić information content (AvgIpc) is 2.88. The molecule has 0 amide bonds. The van der Waals surface area contributed by atoms with Gasteiger partial charge in [0.1, 0.15) is 0 Å². The molecule has 0 saturated heterocycles. The van der Waals surface area contributed by atoms with Gasteiger partial charge in [0.15, 0.2) is 5.58 Å². The van der Waals surface area contributed by atoms with Crippen LogP contribution in [0, 0.1) is 17.0 Å². The van der Waals surface area contributed by atoms with E-state index < -0.39 is 20.7 Å². The van der Waals surface area contributed by atoms with Gasteiger partial charge in [-0.3, -0.25) is 19.8 Å². The molecule has 0 aliphatic carbocycles. The summed E-state index contributed by atoms with van der Waals surface area (Å²) in [6.45, 7) is 1.62. The standard InChI is InChI=1S/C14H11N3O6S/c1-8-2-3-9(17(19)20)6-12(8)16-24(21,22)10-4-5-11-13(7-10)23-14(18)15-11/h2-7,16H,1H3,(H,15,18). The van der Waals surface area contributed by atoms with E-state index in [9.17, 15) is 23.3 Å². The van der Waals surface area contributed by atoms with Crippen molar-refractivity contribution in [3.05, 3.63) is 62.6 Å². The van der Waals surface area contributed by atoms with E-state index in [1.165, 1.54) is 30.3 Å². The molecule has 1 aromatic heterocycles. The van der Waals surface area contributed by atoms with Crippen LogP contribution in [0.1, 0.15) is 5.56 Å². The zero-order chi connectivity index (χ0) is 17.5. The van der Waals surface area contributed by atoms with Gasteiger partial charge in [0.25, 0.3) is 15.7 Å². The molecule has 0 unspecified atom stereocenters. The summed E-state index contributed by atoms with van der Waals surface area (Å²) in [6, 6.07) is 7.76. The third-order valence-corrected chi connectivity index (χ3v) is 4.74. The van der Waals surface area contributed by atoms with Crippen LogP contribution in [0.2, 0.25) is 0 Å². The largest absolute Gasteiger partial charge is 0.417 e. The van der Waals surface area contributed by atoms with Gasteiger partial charge < -0.3 is 4.42 Å².